The number of hydrogen-bond acceptors (Lipinski definition) is 1. The smallest absolute Gasteiger partial charge is 0.200 e. The third-order valence-corrected chi connectivity index (χ3v) is 6.66. The molecule has 0 aliphatic heterocycles. The van der Waals surface area contributed by atoms with Crippen molar-refractivity contribution in [1.82, 2.24) is 0 Å². The van der Waals surface area contributed by atoms with Crippen LogP contribution in [0.3, 0.4) is 0 Å². The van der Waals surface area contributed by atoms with Crippen LogP contribution in [0.4, 0.5) is 43.9 Å². The van der Waals surface area contributed by atoms with Gasteiger partial charge >= 0.3 is 0 Å². The Hall–Kier alpha value is -2.03. The molecule has 2 aromatic carbocycles. The maximum Gasteiger partial charge on any atom is 0.200 e. The summed E-state index contributed by atoms with van der Waals surface area (Å²) in [6, 6.07) is 0. The Kier molecular flexibility index (Phi) is 5.15. The molecule has 0 bridgehead atoms. The minimum atomic E-state index is -5.50. The predicted octanol–water partition coefficient (Wildman–Crippen LogP) is 4.41. The highest BCUT2D eigenvalue weighted by atomic mass is 31.2. The molecule has 0 radical (unpaired) electrons. The largest absolute Gasteiger partial charge is 0.313 e. The van der Waals surface area contributed by atoms with E-state index in [0.29, 0.717) is 0 Å². The first kappa shape index (κ1) is 20.3. The maximum atomic E-state index is 13.9. The molecule has 0 fully saturated rings. The van der Waals surface area contributed by atoms with Gasteiger partial charge in [-0.3, -0.25) is 0 Å². The molecule has 0 atom stereocenters. The van der Waals surface area contributed by atoms with Gasteiger partial charge in [-0.1, -0.05) is 6.92 Å². The van der Waals surface area contributed by atoms with Crippen molar-refractivity contribution < 1.29 is 48.5 Å². The lowest BCUT2D eigenvalue weighted by atomic mass is 10.3. The predicted molar refractivity (Wildman–Crippen MR) is 69.9 cm³/mol. The van der Waals surface area contributed by atoms with E-state index in [-0.39, 0.29) is 0 Å². The van der Waals surface area contributed by atoms with Crippen LogP contribution in [-0.4, -0.2) is 6.16 Å². The molecule has 0 aromatic heterocycles. The summed E-state index contributed by atoms with van der Waals surface area (Å²) in [4.78, 5) is 0. The molecule has 0 amide bonds. The number of halogens is 10. The summed E-state index contributed by atoms with van der Waals surface area (Å²) in [5, 5.41) is -4.31. The first-order valence-electron chi connectivity index (χ1n) is 6.54. The molecule has 0 aliphatic rings. The molecular weight excluding hydrogens is 405 g/mol. The molecule has 0 N–H and O–H groups in total. The average Bonchev–Trinajstić information content (AvgIpc) is 2.61. The second-order valence-electron chi connectivity index (χ2n) is 4.89. The summed E-state index contributed by atoms with van der Waals surface area (Å²) in [5.41, 5.74) is 0. The minimum absolute atomic E-state index is 0.747. The third kappa shape index (κ3) is 2.60. The normalized spacial score (nSPS) is 12.0. The van der Waals surface area contributed by atoms with Crippen LogP contribution in [0, 0.1) is 58.2 Å². The lowest BCUT2D eigenvalue weighted by molar-refractivity contribution is 0.381. The molecule has 0 unspecified atom stereocenters. The molecule has 2 aromatic rings. The Morgan fingerprint density at radius 2 is 0.692 bits per heavy atom. The number of benzene rings is 2. The van der Waals surface area contributed by atoms with E-state index < -0.39 is 82.1 Å². The molecule has 0 heterocycles. The monoisotopic (exact) mass is 410 g/mol. The van der Waals surface area contributed by atoms with Crippen LogP contribution in [0.25, 0.3) is 0 Å². The molecule has 0 spiro atoms. The molecule has 0 aliphatic carbocycles. The van der Waals surface area contributed by atoms with Gasteiger partial charge in [0, 0.05) is 6.16 Å². The average molecular weight is 410 g/mol. The molecule has 0 saturated heterocycles. The van der Waals surface area contributed by atoms with Gasteiger partial charge in [0.1, 0.15) is 0 Å². The summed E-state index contributed by atoms with van der Waals surface area (Å²) in [5.74, 6) is -26.4. The number of hydrogen-bond donors (Lipinski definition) is 0. The van der Waals surface area contributed by atoms with Crippen molar-refractivity contribution in [1.29, 1.82) is 0 Å². The molecule has 142 valence electrons. The fourth-order valence-corrected chi connectivity index (χ4v) is 4.77. The Morgan fingerprint density at radius 1 is 0.500 bits per heavy atom. The molecule has 1 nitrogen and oxygen atoms in total. The fraction of sp³-hybridized carbons (Fsp3) is 0.143. The van der Waals surface area contributed by atoms with Gasteiger partial charge in [-0.2, -0.15) is 0 Å². The third-order valence-electron chi connectivity index (χ3n) is 3.54. The molecule has 26 heavy (non-hydrogen) atoms. The molecule has 12 heteroatoms. The van der Waals surface area contributed by atoms with Crippen molar-refractivity contribution in [2.75, 3.05) is 6.16 Å². The molecule has 0 saturated carbocycles. The van der Waals surface area contributed by atoms with Gasteiger partial charge in [-0.25, -0.2) is 43.9 Å². The van der Waals surface area contributed by atoms with E-state index >= 15 is 0 Å². The van der Waals surface area contributed by atoms with E-state index in [1.807, 2.05) is 0 Å². The molecule has 2 rings (SSSR count). The highest BCUT2D eigenvalue weighted by Crippen LogP contribution is 2.47. The van der Waals surface area contributed by atoms with E-state index in [2.05, 4.69) is 0 Å². The lowest BCUT2D eigenvalue weighted by Crippen LogP contribution is -2.32. The van der Waals surface area contributed by atoms with Crippen LogP contribution < -0.4 is 10.6 Å². The zero-order valence-electron chi connectivity index (χ0n) is 12.3. The van der Waals surface area contributed by atoms with Crippen molar-refractivity contribution in [3.05, 3.63) is 58.2 Å². The van der Waals surface area contributed by atoms with Gasteiger partial charge in [-0.15, -0.1) is 0 Å². The van der Waals surface area contributed by atoms with Crippen LogP contribution in [0.2, 0.25) is 0 Å². The fourth-order valence-electron chi connectivity index (χ4n) is 2.25. The van der Waals surface area contributed by atoms with Gasteiger partial charge in [-0.05, 0) is 0 Å². The van der Waals surface area contributed by atoms with E-state index in [1.54, 1.807) is 0 Å². The van der Waals surface area contributed by atoms with E-state index in [4.69, 9.17) is 0 Å². The van der Waals surface area contributed by atoms with Crippen LogP contribution in [0.15, 0.2) is 0 Å². The van der Waals surface area contributed by atoms with Crippen LogP contribution in [-0.2, 0) is 4.57 Å². The highest BCUT2D eigenvalue weighted by Gasteiger charge is 2.43. The Labute approximate surface area is 138 Å². The van der Waals surface area contributed by atoms with Gasteiger partial charge < -0.3 is 4.57 Å². The summed E-state index contributed by atoms with van der Waals surface area (Å²) >= 11 is 0. The standard InChI is InChI=1S/C14H5F10OP/c1-2-26(25,13-9(21)5(17)3(15)6(18)10(13)22)14-11(23)7(19)4(16)8(20)12(14)24/h2H2,1H3. The van der Waals surface area contributed by atoms with Gasteiger partial charge in [0.2, 0.25) is 11.6 Å². The Morgan fingerprint density at radius 3 is 0.885 bits per heavy atom. The zero-order chi connectivity index (χ0) is 20.1. The van der Waals surface area contributed by atoms with Gasteiger partial charge in [0.15, 0.2) is 53.7 Å². The van der Waals surface area contributed by atoms with E-state index in [9.17, 15) is 48.5 Å². The highest BCUT2D eigenvalue weighted by molar-refractivity contribution is 7.78. The van der Waals surface area contributed by atoms with Crippen LogP contribution in [0.5, 0.6) is 0 Å². The Bertz CT molecular complexity index is 840. The van der Waals surface area contributed by atoms with E-state index in [0.717, 1.165) is 6.92 Å². The quantitative estimate of drug-likeness (QED) is 0.317. The SMILES string of the molecule is CCP(=O)(c1c(F)c(F)c(F)c(F)c1F)c1c(F)c(F)c(F)c(F)c1F. The second-order valence-corrected chi connectivity index (χ2v) is 7.90. The first-order valence-corrected chi connectivity index (χ1v) is 8.43. The van der Waals surface area contributed by atoms with Crippen molar-refractivity contribution in [3.63, 3.8) is 0 Å². The summed E-state index contributed by atoms with van der Waals surface area (Å²) in [6.45, 7) is 0.747. The second kappa shape index (κ2) is 6.61. The van der Waals surface area contributed by atoms with Crippen molar-refractivity contribution >= 4 is 17.8 Å². The maximum absolute atomic E-state index is 13.9. The Balaban J connectivity index is 3.06. The van der Waals surface area contributed by atoms with E-state index in [1.165, 1.54) is 0 Å². The first-order chi connectivity index (χ1) is 11.9. The zero-order valence-corrected chi connectivity index (χ0v) is 13.2. The topological polar surface area (TPSA) is 17.1 Å². The summed E-state index contributed by atoms with van der Waals surface area (Å²) in [7, 11) is -5.50. The van der Waals surface area contributed by atoms with Gasteiger partial charge in [0.25, 0.3) is 0 Å². The minimum Gasteiger partial charge on any atom is -0.313 e. The van der Waals surface area contributed by atoms with Gasteiger partial charge in [0.05, 0.1) is 10.6 Å². The van der Waals surface area contributed by atoms with Crippen molar-refractivity contribution in [2.45, 2.75) is 6.92 Å². The number of rotatable bonds is 3. The van der Waals surface area contributed by atoms with Crippen LogP contribution >= 0.6 is 7.14 Å². The van der Waals surface area contributed by atoms with Crippen molar-refractivity contribution in [2.24, 2.45) is 0 Å². The summed E-state index contributed by atoms with van der Waals surface area (Å²) in [6.07, 6.45) is -1.20. The molecular formula is C14H5F10OP. The summed E-state index contributed by atoms with van der Waals surface area (Å²) < 4.78 is 148. The lowest BCUT2D eigenvalue weighted by Gasteiger charge is -2.21. The van der Waals surface area contributed by atoms with Crippen molar-refractivity contribution in [3.8, 4) is 0 Å². The van der Waals surface area contributed by atoms with Crippen LogP contribution in [0.1, 0.15) is 6.92 Å².